The SMILES string of the molecule is CCc1cnccc1-c1cccc([C@H](C)N(CCCCC(=O)NCCS(=O)(=O)O)S(=O)(=O)c2cccc(Cl)c2C)c1. The largest absolute Gasteiger partial charge is 0.355 e. The molecule has 2 N–H and O–H groups in total. The number of sulfonamides is 1. The van der Waals surface area contributed by atoms with E-state index in [9.17, 15) is 21.6 Å². The molecule has 0 unspecified atom stereocenters. The molecule has 222 valence electrons. The average Bonchev–Trinajstić information content (AvgIpc) is 2.93. The Labute approximate surface area is 247 Å². The van der Waals surface area contributed by atoms with Gasteiger partial charge < -0.3 is 5.32 Å². The maximum atomic E-state index is 14.0. The summed E-state index contributed by atoms with van der Waals surface area (Å²) in [5, 5.41) is 2.80. The Morgan fingerprint density at radius 1 is 1.10 bits per heavy atom. The number of hydrogen-bond donors (Lipinski definition) is 2. The van der Waals surface area contributed by atoms with Crippen LogP contribution in [0.4, 0.5) is 0 Å². The number of amides is 1. The van der Waals surface area contributed by atoms with Gasteiger partial charge in [-0.3, -0.25) is 14.3 Å². The number of aryl methyl sites for hydroxylation is 1. The number of nitrogens with zero attached hydrogens (tertiary/aromatic N) is 2. The summed E-state index contributed by atoms with van der Waals surface area (Å²) >= 11 is 6.28. The number of unbranched alkanes of at least 4 members (excludes halogenated alkanes) is 1. The van der Waals surface area contributed by atoms with Gasteiger partial charge in [-0.2, -0.15) is 12.7 Å². The van der Waals surface area contributed by atoms with Gasteiger partial charge in [-0.25, -0.2) is 8.42 Å². The molecule has 41 heavy (non-hydrogen) atoms. The summed E-state index contributed by atoms with van der Waals surface area (Å²) in [6.45, 7) is 5.52. The predicted molar refractivity (Wildman–Crippen MR) is 161 cm³/mol. The minimum atomic E-state index is -4.17. The molecule has 0 aliphatic rings. The highest BCUT2D eigenvalue weighted by Gasteiger charge is 2.31. The molecule has 1 amide bonds. The topological polar surface area (TPSA) is 134 Å². The fraction of sp³-hybridized carbons (Fsp3) is 0.379. The Kier molecular flexibility index (Phi) is 11.5. The van der Waals surface area contributed by atoms with Crippen LogP contribution in [0.2, 0.25) is 5.02 Å². The molecular formula is C29H36ClN3O6S2. The van der Waals surface area contributed by atoms with Crippen LogP contribution in [0.1, 0.15) is 55.8 Å². The van der Waals surface area contributed by atoms with Crippen molar-refractivity contribution in [1.29, 1.82) is 0 Å². The lowest BCUT2D eigenvalue weighted by Gasteiger charge is -2.30. The van der Waals surface area contributed by atoms with Gasteiger partial charge in [-0.05, 0) is 85.2 Å². The Morgan fingerprint density at radius 2 is 1.83 bits per heavy atom. The first-order valence-corrected chi connectivity index (χ1v) is 16.8. The van der Waals surface area contributed by atoms with E-state index in [-0.39, 0.29) is 30.3 Å². The molecular weight excluding hydrogens is 586 g/mol. The van der Waals surface area contributed by atoms with Crippen molar-refractivity contribution in [2.75, 3.05) is 18.8 Å². The van der Waals surface area contributed by atoms with Gasteiger partial charge >= 0.3 is 0 Å². The van der Waals surface area contributed by atoms with Crippen LogP contribution in [0.25, 0.3) is 11.1 Å². The van der Waals surface area contributed by atoms with Gasteiger partial charge in [0, 0.05) is 43.0 Å². The van der Waals surface area contributed by atoms with Crippen molar-refractivity contribution in [2.24, 2.45) is 0 Å². The fourth-order valence-electron chi connectivity index (χ4n) is 4.60. The van der Waals surface area contributed by atoms with Gasteiger partial charge in [0.05, 0.1) is 10.6 Å². The predicted octanol–water partition coefficient (Wildman–Crippen LogP) is 5.20. The number of carbonyl (C=O) groups is 1. The van der Waals surface area contributed by atoms with E-state index in [0.29, 0.717) is 23.4 Å². The number of nitrogens with one attached hydrogen (secondary N) is 1. The molecule has 0 saturated heterocycles. The zero-order chi connectivity index (χ0) is 30.2. The van der Waals surface area contributed by atoms with Gasteiger partial charge in [0.25, 0.3) is 10.1 Å². The van der Waals surface area contributed by atoms with E-state index < -0.39 is 31.9 Å². The van der Waals surface area contributed by atoms with Crippen LogP contribution in [-0.4, -0.2) is 55.4 Å². The molecule has 0 radical (unpaired) electrons. The number of halogens is 1. The lowest BCUT2D eigenvalue weighted by Crippen LogP contribution is -2.35. The van der Waals surface area contributed by atoms with Crippen LogP contribution in [0, 0.1) is 6.92 Å². The molecule has 0 aliphatic heterocycles. The standard InChI is InChI=1S/C29H36ClN3O6S2/c1-4-23-20-31-15-14-26(23)25-10-7-9-24(19-25)22(3)33(41(38,39)28-12-8-11-27(30)21(28)2)17-6-5-13-29(34)32-16-18-40(35,36)37/h7-12,14-15,19-20,22H,4-6,13,16-18H2,1-3H3,(H,32,34)(H,35,36,37)/t22-/m0/s1. The van der Waals surface area contributed by atoms with Crippen LogP contribution < -0.4 is 5.32 Å². The molecule has 12 heteroatoms. The normalized spacial score (nSPS) is 12.8. The minimum Gasteiger partial charge on any atom is -0.355 e. The highest BCUT2D eigenvalue weighted by Crippen LogP contribution is 2.33. The van der Waals surface area contributed by atoms with Crippen LogP contribution in [-0.2, 0) is 31.4 Å². The Morgan fingerprint density at radius 3 is 2.54 bits per heavy atom. The first-order chi connectivity index (χ1) is 19.3. The summed E-state index contributed by atoms with van der Waals surface area (Å²) in [5.41, 5.74) is 4.37. The molecule has 0 spiro atoms. The summed E-state index contributed by atoms with van der Waals surface area (Å²) in [5.74, 6) is -0.946. The van der Waals surface area contributed by atoms with Crippen molar-refractivity contribution in [2.45, 2.75) is 57.4 Å². The summed E-state index contributed by atoms with van der Waals surface area (Å²) in [4.78, 5) is 16.5. The molecule has 0 saturated carbocycles. The number of benzene rings is 2. The minimum absolute atomic E-state index is 0.0846. The van der Waals surface area contributed by atoms with Crippen LogP contribution >= 0.6 is 11.6 Å². The number of rotatable bonds is 14. The average molecular weight is 622 g/mol. The molecule has 0 bridgehead atoms. The molecule has 1 aromatic heterocycles. The second-order valence-corrected chi connectivity index (χ2v) is 13.6. The number of aromatic nitrogens is 1. The molecule has 0 fully saturated rings. The molecule has 1 heterocycles. The van der Waals surface area contributed by atoms with Gasteiger partial charge in [0.1, 0.15) is 0 Å². The van der Waals surface area contributed by atoms with E-state index in [1.54, 1.807) is 31.3 Å². The van der Waals surface area contributed by atoms with Gasteiger partial charge in [0.15, 0.2) is 0 Å². The molecule has 0 aliphatic carbocycles. The van der Waals surface area contributed by atoms with E-state index in [4.69, 9.17) is 16.2 Å². The Hall–Kier alpha value is -2.83. The van der Waals surface area contributed by atoms with Crippen molar-refractivity contribution in [1.82, 2.24) is 14.6 Å². The van der Waals surface area contributed by atoms with Crippen molar-refractivity contribution >= 4 is 37.6 Å². The van der Waals surface area contributed by atoms with E-state index in [2.05, 4.69) is 17.2 Å². The summed E-state index contributed by atoms with van der Waals surface area (Å²) in [7, 11) is -8.15. The quantitative estimate of drug-likeness (QED) is 0.187. The highest BCUT2D eigenvalue weighted by molar-refractivity contribution is 7.89. The zero-order valence-electron chi connectivity index (χ0n) is 23.4. The van der Waals surface area contributed by atoms with Gasteiger partial charge in [0.2, 0.25) is 15.9 Å². The van der Waals surface area contributed by atoms with E-state index in [1.807, 2.05) is 43.5 Å². The third kappa shape index (κ3) is 8.83. The van der Waals surface area contributed by atoms with Crippen molar-refractivity contribution in [3.63, 3.8) is 0 Å². The first kappa shape index (κ1) is 32.7. The lowest BCUT2D eigenvalue weighted by atomic mass is 9.97. The molecule has 3 rings (SSSR count). The van der Waals surface area contributed by atoms with E-state index in [1.165, 1.54) is 4.31 Å². The van der Waals surface area contributed by atoms with E-state index in [0.717, 1.165) is 28.7 Å². The smallest absolute Gasteiger partial charge is 0.266 e. The maximum absolute atomic E-state index is 14.0. The fourth-order valence-corrected chi connectivity index (χ4v) is 7.10. The van der Waals surface area contributed by atoms with Crippen molar-refractivity contribution in [3.8, 4) is 11.1 Å². The number of carbonyl (C=O) groups excluding carboxylic acids is 1. The second kappa shape index (κ2) is 14.4. The number of pyridine rings is 1. The summed E-state index contributed by atoms with van der Waals surface area (Å²) < 4.78 is 60.0. The summed E-state index contributed by atoms with van der Waals surface area (Å²) in [6.07, 6.45) is 5.23. The molecule has 9 nitrogen and oxygen atoms in total. The first-order valence-electron chi connectivity index (χ1n) is 13.4. The van der Waals surface area contributed by atoms with Gasteiger partial charge in [-0.15, -0.1) is 0 Å². The third-order valence-electron chi connectivity index (χ3n) is 6.92. The molecule has 3 aromatic rings. The van der Waals surface area contributed by atoms with Crippen LogP contribution in [0.3, 0.4) is 0 Å². The Balaban J connectivity index is 1.86. The monoisotopic (exact) mass is 621 g/mol. The third-order valence-corrected chi connectivity index (χ3v) is 10.2. The van der Waals surface area contributed by atoms with Crippen molar-refractivity contribution < 1.29 is 26.2 Å². The van der Waals surface area contributed by atoms with Crippen LogP contribution in [0.15, 0.2) is 65.8 Å². The van der Waals surface area contributed by atoms with E-state index >= 15 is 0 Å². The molecule has 2 aromatic carbocycles. The Bertz CT molecular complexity index is 1580. The molecule has 1 atom stereocenters. The van der Waals surface area contributed by atoms with Gasteiger partial charge in [-0.1, -0.05) is 42.8 Å². The zero-order valence-corrected chi connectivity index (χ0v) is 25.8. The second-order valence-electron chi connectivity index (χ2n) is 9.76. The lowest BCUT2D eigenvalue weighted by molar-refractivity contribution is -0.121. The maximum Gasteiger partial charge on any atom is 0.266 e. The highest BCUT2D eigenvalue weighted by atomic mass is 35.5. The summed E-state index contributed by atoms with van der Waals surface area (Å²) in [6, 6.07) is 14.0. The van der Waals surface area contributed by atoms with Crippen molar-refractivity contribution in [3.05, 3.63) is 82.6 Å². The van der Waals surface area contributed by atoms with Crippen LogP contribution in [0.5, 0.6) is 0 Å². The number of hydrogen-bond acceptors (Lipinski definition) is 6.